The van der Waals surface area contributed by atoms with Gasteiger partial charge in [-0.25, -0.2) is 4.68 Å². The molecule has 0 saturated heterocycles. The third kappa shape index (κ3) is 3.26. The molecule has 106 valence electrons. The van der Waals surface area contributed by atoms with Crippen LogP contribution in [0.2, 0.25) is 0 Å². The summed E-state index contributed by atoms with van der Waals surface area (Å²) in [4.78, 5) is 12.0. The van der Waals surface area contributed by atoms with E-state index in [1.165, 1.54) is 15.8 Å². The van der Waals surface area contributed by atoms with Gasteiger partial charge in [-0.2, -0.15) is 5.10 Å². The van der Waals surface area contributed by atoms with Gasteiger partial charge >= 0.3 is 0 Å². The SMILES string of the molecule is Cc1ccccc1CNc1cnn(CCO)c(=O)c1Br. The topological polar surface area (TPSA) is 67.2 Å². The van der Waals surface area contributed by atoms with E-state index < -0.39 is 0 Å². The van der Waals surface area contributed by atoms with Crippen LogP contribution in [0.25, 0.3) is 0 Å². The summed E-state index contributed by atoms with van der Waals surface area (Å²) in [6, 6.07) is 8.06. The number of halogens is 1. The zero-order chi connectivity index (χ0) is 14.5. The van der Waals surface area contributed by atoms with E-state index in [4.69, 9.17) is 5.11 Å². The van der Waals surface area contributed by atoms with Crippen LogP contribution in [0.3, 0.4) is 0 Å². The number of nitrogens with one attached hydrogen (secondary N) is 1. The maximum absolute atomic E-state index is 12.0. The summed E-state index contributed by atoms with van der Waals surface area (Å²) in [6.07, 6.45) is 1.58. The Balaban J connectivity index is 2.17. The molecular weight excluding hydrogens is 322 g/mol. The second-order valence-electron chi connectivity index (χ2n) is 4.40. The van der Waals surface area contributed by atoms with E-state index in [9.17, 15) is 4.79 Å². The summed E-state index contributed by atoms with van der Waals surface area (Å²) in [6.45, 7) is 2.74. The number of hydrogen-bond acceptors (Lipinski definition) is 4. The van der Waals surface area contributed by atoms with Gasteiger partial charge in [0.1, 0.15) is 4.47 Å². The molecule has 0 unspecified atom stereocenters. The van der Waals surface area contributed by atoms with Gasteiger partial charge in [0, 0.05) is 6.54 Å². The zero-order valence-electron chi connectivity index (χ0n) is 11.1. The number of rotatable bonds is 5. The maximum atomic E-state index is 12.0. The van der Waals surface area contributed by atoms with E-state index in [0.717, 1.165) is 0 Å². The normalized spacial score (nSPS) is 10.6. The van der Waals surface area contributed by atoms with Crippen LogP contribution in [0, 0.1) is 6.92 Å². The Morgan fingerprint density at radius 2 is 2.15 bits per heavy atom. The molecule has 0 aliphatic carbocycles. The van der Waals surface area contributed by atoms with Crippen LogP contribution < -0.4 is 10.9 Å². The minimum Gasteiger partial charge on any atom is -0.394 e. The van der Waals surface area contributed by atoms with E-state index in [-0.39, 0.29) is 18.7 Å². The molecule has 0 spiro atoms. The van der Waals surface area contributed by atoms with Gasteiger partial charge in [0.25, 0.3) is 5.56 Å². The molecule has 0 fully saturated rings. The van der Waals surface area contributed by atoms with Gasteiger partial charge < -0.3 is 10.4 Å². The van der Waals surface area contributed by atoms with Gasteiger partial charge in [-0.3, -0.25) is 4.79 Å². The molecule has 0 aliphatic rings. The van der Waals surface area contributed by atoms with Crippen molar-refractivity contribution in [2.75, 3.05) is 11.9 Å². The van der Waals surface area contributed by atoms with Gasteiger partial charge in [-0.1, -0.05) is 24.3 Å². The standard InChI is InChI=1S/C14H16BrN3O2/c1-10-4-2-3-5-11(10)8-16-12-9-17-18(6-7-19)14(20)13(12)15/h2-5,9,16,19H,6-8H2,1H3. The van der Waals surface area contributed by atoms with Gasteiger partial charge in [-0.05, 0) is 34.0 Å². The largest absolute Gasteiger partial charge is 0.394 e. The number of hydrogen-bond donors (Lipinski definition) is 2. The highest BCUT2D eigenvalue weighted by molar-refractivity contribution is 9.10. The third-order valence-corrected chi connectivity index (χ3v) is 3.79. The second kappa shape index (κ2) is 6.67. The average molecular weight is 338 g/mol. The van der Waals surface area contributed by atoms with Gasteiger partial charge in [0.2, 0.25) is 0 Å². The van der Waals surface area contributed by atoms with Crippen molar-refractivity contribution in [1.29, 1.82) is 0 Å². The molecule has 0 atom stereocenters. The number of benzene rings is 1. The number of anilines is 1. The Morgan fingerprint density at radius 1 is 1.40 bits per heavy atom. The van der Waals surface area contributed by atoms with Crippen LogP contribution in [0.4, 0.5) is 5.69 Å². The minimum absolute atomic E-state index is 0.116. The first-order valence-electron chi connectivity index (χ1n) is 6.28. The van der Waals surface area contributed by atoms with E-state index in [2.05, 4.69) is 26.3 Å². The Hall–Kier alpha value is -1.66. The lowest BCUT2D eigenvalue weighted by atomic mass is 10.1. The smallest absolute Gasteiger partial charge is 0.283 e. The molecular formula is C14H16BrN3O2. The van der Waals surface area contributed by atoms with Crippen molar-refractivity contribution in [1.82, 2.24) is 9.78 Å². The first-order chi connectivity index (χ1) is 9.63. The van der Waals surface area contributed by atoms with Gasteiger partial charge in [0.05, 0.1) is 25.0 Å². The molecule has 0 aliphatic heterocycles. The molecule has 1 aromatic carbocycles. The number of aliphatic hydroxyl groups excluding tert-OH is 1. The molecule has 1 heterocycles. The quantitative estimate of drug-likeness (QED) is 0.874. The second-order valence-corrected chi connectivity index (χ2v) is 5.20. The summed E-state index contributed by atoms with van der Waals surface area (Å²) in [5.74, 6) is 0. The van der Waals surface area contributed by atoms with Crippen molar-refractivity contribution in [3.63, 3.8) is 0 Å². The van der Waals surface area contributed by atoms with Crippen LogP contribution >= 0.6 is 15.9 Å². The number of aliphatic hydroxyl groups is 1. The Morgan fingerprint density at radius 3 is 2.85 bits per heavy atom. The molecule has 1 aromatic heterocycles. The fourth-order valence-corrected chi connectivity index (χ4v) is 2.29. The third-order valence-electron chi connectivity index (χ3n) is 3.03. The van der Waals surface area contributed by atoms with E-state index in [0.29, 0.717) is 16.7 Å². The molecule has 5 nitrogen and oxygen atoms in total. The summed E-state index contributed by atoms with van der Waals surface area (Å²) < 4.78 is 1.65. The molecule has 0 radical (unpaired) electrons. The van der Waals surface area contributed by atoms with Crippen LogP contribution in [0.15, 0.2) is 39.7 Å². The lowest BCUT2D eigenvalue weighted by molar-refractivity contribution is 0.266. The van der Waals surface area contributed by atoms with Crippen LogP contribution in [0.5, 0.6) is 0 Å². The Bertz CT molecular complexity index is 655. The van der Waals surface area contributed by atoms with Gasteiger partial charge in [-0.15, -0.1) is 0 Å². The van der Waals surface area contributed by atoms with E-state index in [1.54, 1.807) is 6.20 Å². The first-order valence-corrected chi connectivity index (χ1v) is 7.07. The monoisotopic (exact) mass is 337 g/mol. The maximum Gasteiger partial charge on any atom is 0.283 e. The summed E-state index contributed by atoms with van der Waals surface area (Å²) >= 11 is 3.28. The molecule has 2 rings (SSSR count). The van der Waals surface area contributed by atoms with Crippen molar-refractivity contribution in [3.8, 4) is 0 Å². The fourth-order valence-electron chi connectivity index (χ4n) is 1.84. The van der Waals surface area contributed by atoms with Crippen LogP contribution in [0.1, 0.15) is 11.1 Å². The zero-order valence-corrected chi connectivity index (χ0v) is 12.7. The molecule has 2 aromatic rings. The highest BCUT2D eigenvalue weighted by Gasteiger charge is 2.08. The predicted molar refractivity (Wildman–Crippen MR) is 81.8 cm³/mol. The van der Waals surface area contributed by atoms with Crippen molar-refractivity contribution >= 4 is 21.6 Å². The van der Waals surface area contributed by atoms with Crippen molar-refractivity contribution in [2.24, 2.45) is 0 Å². The predicted octanol–water partition coefficient (Wildman–Crippen LogP) is 1.92. The Labute approximate surface area is 125 Å². The number of nitrogens with zero attached hydrogens (tertiary/aromatic N) is 2. The molecule has 0 amide bonds. The van der Waals surface area contributed by atoms with E-state index >= 15 is 0 Å². The highest BCUT2D eigenvalue weighted by Crippen LogP contribution is 2.18. The number of aryl methyl sites for hydroxylation is 1. The fraction of sp³-hybridized carbons (Fsp3) is 0.286. The van der Waals surface area contributed by atoms with Crippen molar-refractivity contribution in [2.45, 2.75) is 20.0 Å². The lowest BCUT2D eigenvalue weighted by Crippen LogP contribution is -2.25. The first kappa shape index (κ1) is 14.7. The highest BCUT2D eigenvalue weighted by atomic mass is 79.9. The average Bonchev–Trinajstić information content (AvgIpc) is 2.45. The van der Waals surface area contributed by atoms with Crippen LogP contribution in [-0.4, -0.2) is 21.5 Å². The molecule has 2 N–H and O–H groups in total. The van der Waals surface area contributed by atoms with E-state index in [1.807, 2.05) is 31.2 Å². The molecule has 20 heavy (non-hydrogen) atoms. The van der Waals surface area contributed by atoms with Crippen LogP contribution in [-0.2, 0) is 13.1 Å². The molecule has 0 saturated carbocycles. The number of aromatic nitrogens is 2. The Kier molecular flexibility index (Phi) is 4.92. The van der Waals surface area contributed by atoms with Crippen molar-refractivity contribution < 1.29 is 5.11 Å². The summed E-state index contributed by atoms with van der Waals surface area (Å²) in [5, 5.41) is 16.1. The minimum atomic E-state index is -0.256. The lowest BCUT2D eigenvalue weighted by Gasteiger charge is -2.11. The van der Waals surface area contributed by atoms with Gasteiger partial charge in [0.15, 0.2) is 0 Å². The molecule has 0 bridgehead atoms. The summed E-state index contributed by atoms with van der Waals surface area (Å²) in [5.41, 5.74) is 2.75. The molecule has 6 heteroatoms. The van der Waals surface area contributed by atoms with Crippen molar-refractivity contribution in [3.05, 3.63) is 56.4 Å². The summed E-state index contributed by atoms with van der Waals surface area (Å²) in [7, 11) is 0.